The van der Waals surface area contributed by atoms with Gasteiger partial charge in [0.2, 0.25) is 0 Å². The first-order chi connectivity index (χ1) is 8.18. The standard InChI is InChI=1S/C13H18N2O2/c1-15(9-10-5-2-3-8-14-10)12-7-4-6-11(12)13(16)17/h2-3,5,8,11-12H,4,6-7,9H2,1H3,(H,16,17). The molecule has 2 atom stereocenters. The zero-order valence-corrected chi connectivity index (χ0v) is 10.0. The van der Waals surface area contributed by atoms with Gasteiger partial charge in [-0.1, -0.05) is 12.5 Å². The zero-order valence-electron chi connectivity index (χ0n) is 10.0. The summed E-state index contributed by atoms with van der Waals surface area (Å²) in [5.41, 5.74) is 0.992. The molecule has 1 fully saturated rings. The average molecular weight is 234 g/mol. The molecule has 1 aliphatic carbocycles. The van der Waals surface area contributed by atoms with Crippen LogP contribution in [0.1, 0.15) is 25.0 Å². The Bertz CT molecular complexity index is 380. The van der Waals surface area contributed by atoms with Crippen molar-refractivity contribution in [3.63, 3.8) is 0 Å². The number of hydrogen-bond donors (Lipinski definition) is 1. The van der Waals surface area contributed by atoms with Gasteiger partial charge in [-0.15, -0.1) is 0 Å². The van der Waals surface area contributed by atoms with Gasteiger partial charge < -0.3 is 5.11 Å². The summed E-state index contributed by atoms with van der Waals surface area (Å²) in [5, 5.41) is 9.16. The lowest BCUT2D eigenvalue weighted by atomic mass is 10.0. The summed E-state index contributed by atoms with van der Waals surface area (Å²) in [6.45, 7) is 0.718. The Morgan fingerprint density at radius 2 is 2.35 bits per heavy atom. The molecule has 1 aliphatic rings. The Morgan fingerprint density at radius 1 is 1.53 bits per heavy atom. The lowest BCUT2D eigenvalue weighted by molar-refractivity contribution is -0.143. The molecule has 1 heterocycles. The van der Waals surface area contributed by atoms with Crippen LogP contribution in [-0.4, -0.2) is 34.0 Å². The van der Waals surface area contributed by atoms with E-state index in [-0.39, 0.29) is 12.0 Å². The van der Waals surface area contributed by atoms with Crippen molar-refractivity contribution in [1.29, 1.82) is 0 Å². The highest BCUT2D eigenvalue weighted by Crippen LogP contribution is 2.30. The van der Waals surface area contributed by atoms with Gasteiger partial charge in [-0.3, -0.25) is 14.7 Å². The molecule has 0 bridgehead atoms. The zero-order chi connectivity index (χ0) is 12.3. The molecule has 0 spiro atoms. The first kappa shape index (κ1) is 12.0. The highest BCUT2D eigenvalue weighted by atomic mass is 16.4. The van der Waals surface area contributed by atoms with E-state index >= 15 is 0 Å². The monoisotopic (exact) mass is 234 g/mol. The van der Waals surface area contributed by atoms with Crippen molar-refractivity contribution in [2.45, 2.75) is 31.8 Å². The molecule has 0 amide bonds. The van der Waals surface area contributed by atoms with Crippen LogP contribution in [0.4, 0.5) is 0 Å². The predicted octanol–water partition coefficient (Wildman–Crippen LogP) is 1.77. The van der Waals surface area contributed by atoms with Gasteiger partial charge in [-0.25, -0.2) is 0 Å². The van der Waals surface area contributed by atoms with Crippen LogP contribution in [-0.2, 0) is 11.3 Å². The number of carbonyl (C=O) groups is 1. The van der Waals surface area contributed by atoms with Crippen LogP contribution >= 0.6 is 0 Å². The van der Waals surface area contributed by atoms with Crippen molar-refractivity contribution >= 4 is 5.97 Å². The van der Waals surface area contributed by atoms with Crippen molar-refractivity contribution in [3.8, 4) is 0 Å². The summed E-state index contributed by atoms with van der Waals surface area (Å²) < 4.78 is 0. The Balaban J connectivity index is 2.00. The molecule has 2 rings (SSSR count). The van der Waals surface area contributed by atoms with Crippen LogP contribution < -0.4 is 0 Å². The molecule has 0 saturated heterocycles. The lowest BCUT2D eigenvalue weighted by Gasteiger charge is -2.27. The molecule has 4 nitrogen and oxygen atoms in total. The molecule has 1 saturated carbocycles. The van der Waals surface area contributed by atoms with Gasteiger partial charge in [-0.2, -0.15) is 0 Å². The summed E-state index contributed by atoms with van der Waals surface area (Å²) in [6, 6.07) is 5.97. The predicted molar refractivity (Wildman–Crippen MR) is 64.5 cm³/mol. The Kier molecular flexibility index (Phi) is 3.74. The van der Waals surface area contributed by atoms with Crippen molar-refractivity contribution in [2.75, 3.05) is 7.05 Å². The number of hydrogen-bond acceptors (Lipinski definition) is 3. The van der Waals surface area contributed by atoms with E-state index in [9.17, 15) is 4.79 Å². The quantitative estimate of drug-likeness (QED) is 0.862. The van der Waals surface area contributed by atoms with E-state index < -0.39 is 5.97 Å². The fourth-order valence-electron chi connectivity index (χ4n) is 2.62. The topological polar surface area (TPSA) is 53.4 Å². The number of pyridine rings is 1. The summed E-state index contributed by atoms with van der Waals surface area (Å²) in [6.07, 6.45) is 4.55. The lowest BCUT2D eigenvalue weighted by Crippen LogP contribution is -2.37. The van der Waals surface area contributed by atoms with Crippen LogP contribution in [0.15, 0.2) is 24.4 Å². The maximum atomic E-state index is 11.1. The Labute approximate surface area is 101 Å². The van der Waals surface area contributed by atoms with E-state index in [1.165, 1.54) is 0 Å². The van der Waals surface area contributed by atoms with E-state index in [2.05, 4.69) is 9.88 Å². The fourth-order valence-corrected chi connectivity index (χ4v) is 2.62. The molecule has 4 heteroatoms. The van der Waals surface area contributed by atoms with Gasteiger partial charge in [0.05, 0.1) is 11.6 Å². The van der Waals surface area contributed by atoms with Crippen molar-refractivity contribution < 1.29 is 9.90 Å². The van der Waals surface area contributed by atoms with Gasteiger partial charge in [0, 0.05) is 18.8 Å². The third kappa shape index (κ3) is 2.82. The molecule has 0 radical (unpaired) electrons. The first-order valence-electron chi connectivity index (χ1n) is 6.01. The molecule has 0 aliphatic heterocycles. The van der Waals surface area contributed by atoms with Crippen LogP contribution in [0.3, 0.4) is 0 Å². The van der Waals surface area contributed by atoms with Crippen molar-refractivity contribution in [2.24, 2.45) is 5.92 Å². The molecule has 2 unspecified atom stereocenters. The fraction of sp³-hybridized carbons (Fsp3) is 0.538. The molecule has 1 aromatic heterocycles. The SMILES string of the molecule is CN(Cc1ccccn1)C1CCCC1C(=O)O. The Hall–Kier alpha value is -1.42. The van der Waals surface area contributed by atoms with E-state index in [4.69, 9.17) is 5.11 Å². The molecule has 17 heavy (non-hydrogen) atoms. The number of rotatable bonds is 4. The smallest absolute Gasteiger partial charge is 0.308 e. The number of aliphatic carboxylic acids is 1. The first-order valence-corrected chi connectivity index (χ1v) is 6.01. The van der Waals surface area contributed by atoms with Crippen molar-refractivity contribution in [3.05, 3.63) is 30.1 Å². The Morgan fingerprint density at radius 3 is 3.00 bits per heavy atom. The average Bonchev–Trinajstić information content (AvgIpc) is 2.79. The minimum Gasteiger partial charge on any atom is -0.481 e. The number of carboxylic acids is 1. The molecular weight excluding hydrogens is 216 g/mol. The minimum absolute atomic E-state index is 0.148. The summed E-state index contributed by atoms with van der Waals surface area (Å²) in [4.78, 5) is 17.5. The van der Waals surface area contributed by atoms with E-state index in [1.807, 2.05) is 25.2 Å². The molecule has 92 valence electrons. The van der Waals surface area contributed by atoms with E-state index in [0.29, 0.717) is 0 Å². The van der Waals surface area contributed by atoms with Gasteiger partial charge >= 0.3 is 5.97 Å². The minimum atomic E-state index is -0.666. The maximum Gasteiger partial charge on any atom is 0.308 e. The largest absolute Gasteiger partial charge is 0.481 e. The van der Waals surface area contributed by atoms with Crippen LogP contribution in [0.2, 0.25) is 0 Å². The van der Waals surface area contributed by atoms with Crippen LogP contribution in [0, 0.1) is 5.92 Å². The second-order valence-electron chi connectivity index (χ2n) is 4.68. The summed E-state index contributed by atoms with van der Waals surface area (Å²) >= 11 is 0. The van der Waals surface area contributed by atoms with Crippen LogP contribution in [0.5, 0.6) is 0 Å². The second-order valence-corrected chi connectivity index (χ2v) is 4.68. The van der Waals surface area contributed by atoms with E-state index in [0.717, 1.165) is 31.5 Å². The number of carboxylic acid groups (broad SMARTS) is 1. The van der Waals surface area contributed by atoms with Gasteiger partial charge in [0.25, 0.3) is 0 Å². The third-order valence-electron chi connectivity index (χ3n) is 3.50. The third-order valence-corrected chi connectivity index (χ3v) is 3.50. The summed E-state index contributed by atoms with van der Waals surface area (Å²) in [7, 11) is 1.99. The molecule has 1 N–H and O–H groups in total. The van der Waals surface area contributed by atoms with Crippen LogP contribution in [0.25, 0.3) is 0 Å². The van der Waals surface area contributed by atoms with E-state index in [1.54, 1.807) is 6.20 Å². The summed E-state index contributed by atoms with van der Waals surface area (Å²) in [5.74, 6) is -0.885. The normalized spacial score (nSPS) is 24.1. The number of aromatic nitrogens is 1. The van der Waals surface area contributed by atoms with Gasteiger partial charge in [-0.05, 0) is 32.0 Å². The molecule has 1 aromatic rings. The van der Waals surface area contributed by atoms with Crippen molar-refractivity contribution in [1.82, 2.24) is 9.88 Å². The number of nitrogens with zero attached hydrogens (tertiary/aromatic N) is 2. The van der Waals surface area contributed by atoms with Gasteiger partial charge in [0.15, 0.2) is 0 Å². The second kappa shape index (κ2) is 5.27. The molecular formula is C13H18N2O2. The highest BCUT2D eigenvalue weighted by molar-refractivity contribution is 5.71. The maximum absolute atomic E-state index is 11.1. The van der Waals surface area contributed by atoms with Gasteiger partial charge in [0.1, 0.15) is 0 Å². The molecule has 0 aromatic carbocycles. The highest BCUT2D eigenvalue weighted by Gasteiger charge is 2.35.